The second-order valence-electron chi connectivity index (χ2n) is 3.63. The van der Waals surface area contributed by atoms with Crippen molar-refractivity contribution in [3.05, 3.63) is 34.9 Å². The number of aliphatic hydroxyl groups excluding tert-OH is 2. The highest BCUT2D eigenvalue weighted by Gasteiger charge is 2.32. The summed E-state index contributed by atoms with van der Waals surface area (Å²) in [4.78, 5) is 10.7. The molecule has 3 nitrogen and oxygen atoms in total. The summed E-state index contributed by atoms with van der Waals surface area (Å²) in [5.41, 5.74) is -1.31. The van der Waals surface area contributed by atoms with Gasteiger partial charge in [0.1, 0.15) is 12.4 Å². The van der Waals surface area contributed by atoms with E-state index in [-0.39, 0.29) is 16.5 Å². The number of benzene rings is 1. The number of hydrogen-bond donors (Lipinski definition) is 2. The Morgan fingerprint density at radius 2 is 1.94 bits per heavy atom. The molecule has 1 rings (SSSR count). The van der Waals surface area contributed by atoms with Crippen LogP contribution in [0.25, 0.3) is 0 Å². The summed E-state index contributed by atoms with van der Waals surface area (Å²) in [6.45, 7) is 0. The largest absolute Gasteiger partial charge is 0.416 e. The molecule has 0 saturated heterocycles. The maximum absolute atomic E-state index is 12.5. The molecule has 0 aliphatic heterocycles. The fourth-order valence-electron chi connectivity index (χ4n) is 1.41. The Morgan fingerprint density at radius 1 is 1.33 bits per heavy atom. The molecule has 1 aromatic rings. The molecule has 0 aromatic heterocycles. The van der Waals surface area contributed by atoms with Gasteiger partial charge in [0.2, 0.25) is 0 Å². The number of carbonyl (C=O) groups excluding carboxylic acids is 1. The van der Waals surface area contributed by atoms with Crippen molar-refractivity contribution in [2.45, 2.75) is 18.4 Å². The third-order valence-corrected chi connectivity index (χ3v) is 3.05. The van der Waals surface area contributed by atoms with Crippen LogP contribution in [0.3, 0.4) is 0 Å². The van der Waals surface area contributed by atoms with Crippen LogP contribution in [-0.4, -0.2) is 27.9 Å². The van der Waals surface area contributed by atoms with Crippen LogP contribution < -0.4 is 0 Å². The zero-order valence-electron chi connectivity index (χ0n) is 8.99. The Bertz CT molecular complexity index is 434. The molecule has 0 amide bonds. The van der Waals surface area contributed by atoms with E-state index in [1.807, 2.05) is 0 Å². The maximum Gasteiger partial charge on any atom is 0.416 e. The molecule has 0 saturated carbocycles. The van der Waals surface area contributed by atoms with Gasteiger partial charge in [0.25, 0.3) is 0 Å². The van der Waals surface area contributed by atoms with E-state index >= 15 is 0 Å². The standard InChI is InChI=1S/C11H10BrF3O3/c12-4-9(17)10(18)8-3-7(11(13,14)15)2-1-6(8)5-16/h1-3,5,9-10,17-18H,4H2. The third kappa shape index (κ3) is 3.30. The van der Waals surface area contributed by atoms with Crippen molar-refractivity contribution in [3.63, 3.8) is 0 Å². The van der Waals surface area contributed by atoms with E-state index in [4.69, 9.17) is 0 Å². The van der Waals surface area contributed by atoms with Crippen molar-refractivity contribution < 1.29 is 28.2 Å². The van der Waals surface area contributed by atoms with Crippen molar-refractivity contribution in [1.29, 1.82) is 0 Å². The lowest BCUT2D eigenvalue weighted by molar-refractivity contribution is -0.137. The summed E-state index contributed by atoms with van der Waals surface area (Å²) in [6, 6.07) is 2.38. The normalized spacial score (nSPS) is 15.2. The molecule has 0 spiro atoms. The van der Waals surface area contributed by atoms with Gasteiger partial charge in [-0.2, -0.15) is 13.2 Å². The summed E-state index contributed by atoms with van der Waals surface area (Å²) >= 11 is 2.90. The van der Waals surface area contributed by atoms with Crippen molar-refractivity contribution in [2.24, 2.45) is 0 Å². The maximum atomic E-state index is 12.5. The van der Waals surface area contributed by atoms with Gasteiger partial charge in [-0.15, -0.1) is 0 Å². The van der Waals surface area contributed by atoms with Crippen LogP contribution in [0.2, 0.25) is 0 Å². The number of aldehydes is 1. The number of halogens is 4. The first-order valence-electron chi connectivity index (χ1n) is 4.89. The zero-order chi connectivity index (χ0) is 13.9. The van der Waals surface area contributed by atoms with Crippen LogP contribution in [0.15, 0.2) is 18.2 Å². The van der Waals surface area contributed by atoms with Gasteiger partial charge in [-0.25, -0.2) is 0 Å². The minimum absolute atomic E-state index is 0.0251. The molecule has 1 aromatic carbocycles. The first-order valence-corrected chi connectivity index (χ1v) is 6.01. The predicted molar refractivity (Wildman–Crippen MR) is 61.6 cm³/mol. The molecule has 0 aliphatic rings. The molecule has 2 unspecified atom stereocenters. The molecular weight excluding hydrogens is 317 g/mol. The lowest BCUT2D eigenvalue weighted by Gasteiger charge is -2.19. The van der Waals surface area contributed by atoms with E-state index in [2.05, 4.69) is 15.9 Å². The minimum Gasteiger partial charge on any atom is -0.389 e. The topological polar surface area (TPSA) is 57.5 Å². The summed E-state index contributed by atoms with van der Waals surface area (Å²) in [6.07, 6.45) is -7.10. The van der Waals surface area contributed by atoms with Crippen molar-refractivity contribution in [3.8, 4) is 0 Å². The van der Waals surface area contributed by atoms with Crippen LogP contribution in [-0.2, 0) is 6.18 Å². The van der Waals surface area contributed by atoms with Gasteiger partial charge in [-0.3, -0.25) is 4.79 Å². The number of carbonyl (C=O) groups is 1. The van der Waals surface area contributed by atoms with Crippen molar-refractivity contribution in [2.75, 3.05) is 5.33 Å². The lowest BCUT2D eigenvalue weighted by atomic mass is 9.97. The Hall–Kier alpha value is -0.920. The van der Waals surface area contributed by atoms with Crippen molar-refractivity contribution in [1.82, 2.24) is 0 Å². The Kier molecular flexibility index (Phi) is 4.89. The highest BCUT2D eigenvalue weighted by Crippen LogP contribution is 2.32. The summed E-state index contributed by atoms with van der Waals surface area (Å²) in [5.74, 6) is 0. The van der Waals surface area contributed by atoms with Crippen LogP contribution in [0.5, 0.6) is 0 Å². The van der Waals surface area contributed by atoms with Gasteiger partial charge >= 0.3 is 6.18 Å². The van der Waals surface area contributed by atoms with Crippen molar-refractivity contribution >= 4 is 22.2 Å². The quantitative estimate of drug-likeness (QED) is 0.659. The monoisotopic (exact) mass is 326 g/mol. The number of alkyl halides is 4. The average Bonchev–Trinajstić information content (AvgIpc) is 2.35. The van der Waals surface area contributed by atoms with Crippen LogP contribution in [0.4, 0.5) is 13.2 Å². The SMILES string of the molecule is O=Cc1ccc(C(F)(F)F)cc1C(O)C(O)CBr. The first-order chi connectivity index (χ1) is 8.31. The highest BCUT2D eigenvalue weighted by molar-refractivity contribution is 9.09. The van der Waals surface area contributed by atoms with E-state index in [0.29, 0.717) is 12.4 Å². The molecule has 100 valence electrons. The van der Waals surface area contributed by atoms with Crippen LogP contribution >= 0.6 is 15.9 Å². The Labute approximate surface area is 109 Å². The van der Waals surface area contributed by atoms with E-state index in [1.54, 1.807) is 0 Å². The van der Waals surface area contributed by atoms with Crippen LogP contribution in [0.1, 0.15) is 27.6 Å². The molecule has 0 radical (unpaired) electrons. The van der Waals surface area contributed by atoms with Gasteiger partial charge in [0, 0.05) is 10.9 Å². The first kappa shape index (κ1) is 15.1. The molecule has 0 heterocycles. The van der Waals surface area contributed by atoms with Gasteiger partial charge in [0.15, 0.2) is 0 Å². The zero-order valence-corrected chi connectivity index (χ0v) is 10.6. The van der Waals surface area contributed by atoms with E-state index in [0.717, 1.165) is 12.1 Å². The summed E-state index contributed by atoms with van der Waals surface area (Å²) in [5, 5.41) is 19.1. The third-order valence-electron chi connectivity index (χ3n) is 2.38. The van der Waals surface area contributed by atoms with Gasteiger partial charge < -0.3 is 10.2 Å². The van der Waals surface area contributed by atoms with Gasteiger partial charge in [-0.1, -0.05) is 22.0 Å². The van der Waals surface area contributed by atoms with Gasteiger partial charge in [-0.05, 0) is 17.7 Å². The second kappa shape index (κ2) is 5.81. The van der Waals surface area contributed by atoms with E-state index in [9.17, 15) is 28.2 Å². The second-order valence-corrected chi connectivity index (χ2v) is 4.27. The molecule has 18 heavy (non-hydrogen) atoms. The number of aliphatic hydroxyl groups is 2. The number of rotatable bonds is 4. The molecule has 0 bridgehead atoms. The minimum atomic E-state index is -4.57. The summed E-state index contributed by atoms with van der Waals surface area (Å²) in [7, 11) is 0. The van der Waals surface area contributed by atoms with Crippen LogP contribution in [0, 0.1) is 0 Å². The molecular formula is C11H10BrF3O3. The number of hydrogen-bond acceptors (Lipinski definition) is 3. The molecule has 2 N–H and O–H groups in total. The average molecular weight is 327 g/mol. The van der Waals surface area contributed by atoms with E-state index < -0.39 is 23.9 Å². The lowest BCUT2D eigenvalue weighted by Crippen LogP contribution is -2.21. The predicted octanol–water partition coefficient (Wildman–Crippen LogP) is 2.31. The molecule has 0 fully saturated rings. The highest BCUT2D eigenvalue weighted by atomic mass is 79.9. The smallest absolute Gasteiger partial charge is 0.389 e. The molecule has 0 aliphatic carbocycles. The molecule has 2 atom stereocenters. The molecule has 7 heteroatoms. The Balaban J connectivity index is 3.26. The Morgan fingerprint density at radius 3 is 2.39 bits per heavy atom. The van der Waals surface area contributed by atoms with E-state index in [1.165, 1.54) is 0 Å². The van der Waals surface area contributed by atoms with Gasteiger partial charge in [0.05, 0.1) is 11.7 Å². The summed E-state index contributed by atoms with van der Waals surface area (Å²) < 4.78 is 37.5. The fraction of sp³-hybridized carbons (Fsp3) is 0.364. The fourth-order valence-corrected chi connectivity index (χ4v) is 1.76.